The fraction of sp³-hybridized carbons (Fsp3) is 0.500. The first-order valence-electron chi connectivity index (χ1n) is 4.07. The summed E-state index contributed by atoms with van der Waals surface area (Å²) in [6.07, 6.45) is 2.55. The van der Waals surface area contributed by atoms with Crippen molar-refractivity contribution in [1.82, 2.24) is 10.3 Å². The molecule has 1 atom stereocenters. The zero-order chi connectivity index (χ0) is 9.68. The molecule has 5 heteroatoms. The van der Waals surface area contributed by atoms with Crippen LogP contribution in [0.5, 0.6) is 0 Å². The molecular weight excluding hydrogens is 208 g/mol. The highest BCUT2D eigenvalue weighted by Gasteiger charge is 2.18. The molecule has 0 radical (unpaired) electrons. The molecule has 1 unspecified atom stereocenters. The Kier molecular flexibility index (Phi) is 4.18. The minimum absolute atomic E-state index is 0.168. The van der Waals surface area contributed by atoms with Crippen molar-refractivity contribution < 1.29 is 4.79 Å². The molecule has 1 N–H and O–H groups in total. The van der Waals surface area contributed by atoms with Gasteiger partial charge in [-0.05, 0) is 6.42 Å². The maximum atomic E-state index is 11.3. The van der Waals surface area contributed by atoms with E-state index in [-0.39, 0.29) is 5.91 Å². The van der Waals surface area contributed by atoms with Gasteiger partial charge in [-0.2, -0.15) is 0 Å². The molecule has 1 rings (SSSR count). The van der Waals surface area contributed by atoms with Crippen molar-refractivity contribution in [3.05, 3.63) is 16.6 Å². The second-order valence-electron chi connectivity index (χ2n) is 2.52. The summed E-state index contributed by atoms with van der Waals surface area (Å²) in [6.45, 7) is 2.65. The van der Waals surface area contributed by atoms with Gasteiger partial charge in [-0.15, -0.1) is 22.9 Å². The van der Waals surface area contributed by atoms with Crippen LogP contribution >= 0.6 is 22.9 Å². The number of thiazole rings is 1. The number of carbonyl (C=O) groups is 1. The molecule has 0 fully saturated rings. The van der Waals surface area contributed by atoms with Crippen LogP contribution in [-0.2, 0) is 4.79 Å². The predicted octanol–water partition coefficient (Wildman–Crippen LogP) is 1.95. The number of hydrogen-bond acceptors (Lipinski definition) is 3. The lowest BCUT2D eigenvalue weighted by Crippen LogP contribution is -2.27. The van der Waals surface area contributed by atoms with Crippen molar-refractivity contribution in [2.24, 2.45) is 0 Å². The molecule has 72 valence electrons. The smallest absolute Gasteiger partial charge is 0.245 e. The number of carbonyl (C=O) groups excluding carboxylic acids is 1. The highest BCUT2D eigenvalue weighted by molar-refractivity contribution is 7.10. The number of aromatic nitrogens is 1. The SMILES string of the molecule is CCCNC(=O)C(Cl)c1nccs1. The maximum absolute atomic E-state index is 11.3. The molecule has 3 nitrogen and oxygen atoms in total. The maximum Gasteiger partial charge on any atom is 0.245 e. The summed E-state index contributed by atoms with van der Waals surface area (Å²) in [4.78, 5) is 15.3. The van der Waals surface area contributed by atoms with E-state index in [0.717, 1.165) is 6.42 Å². The molecule has 1 amide bonds. The average molecular weight is 219 g/mol. The summed E-state index contributed by atoms with van der Waals surface area (Å²) in [6, 6.07) is 0. The van der Waals surface area contributed by atoms with Gasteiger partial charge in [-0.3, -0.25) is 4.79 Å². The zero-order valence-electron chi connectivity index (χ0n) is 7.29. The fourth-order valence-electron chi connectivity index (χ4n) is 0.810. The van der Waals surface area contributed by atoms with E-state index in [1.165, 1.54) is 11.3 Å². The number of halogens is 1. The lowest BCUT2D eigenvalue weighted by Gasteiger charge is -2.06. The summed E-state index contributed by atoms with van der Waals surface area (Å²) in [5, 5.41) is 4.52. The summed E-state index contributed by atoms with van der Waals surface area (Å²) in [5.74, 6) is -0.168. The fourth-order valence-corrected chi connectivity index (χ4v) is 1.71. The lowest BCUT2D eigenvalue weighted by molar-refractivity contribution is -0.120. The Balaban J connectivity index is 2.48. The van der Waals surface area contributed by atoms with E-state index in [4.69, 9.17) is 11.6 Å². The van der Waals surface area contributed by atoms with Crippen molar-refractivity contribution in [3.63, 3.8) is 0 Å². The van der Waals surface area contributed by atoms with Crippen molar-refractivity contribution in [2.75, 3.05) is 6.54 Å². The molecule has 0 aliphatic rings. The van der Waals surface area contributed by atoms with Crippen LogP contribution in [0.3, 0.4) is 0 Å². The van der Waals surface area contributed by atoms with Gasteiger partial charge in [0, 0.05) is 18.1 Å². The summed E-state index contributed by atoms with van der Waals surface area (Å²) < 4.78 is 0. The van der Waals surface area contributed by atoms with Crippen LogP contribution in [0.25, 0.3) is 0 Å². The molecular formula is C8H11ClN2OS. The third kappa shape index (κ3) is 2.97. The van der Waals surface area contributed by atoms with E-state index in [1.54, 1.807) is 11.6 Å². The van der Waals surface area contributed by atoms with E-state index in [2.05, 4.69) is 10.3 Å². The van der Waals surface area contributed by atoms with Crippen molar-refractivity contribution in [3.8, 4) is 0 Å². The van der Waals surface area contributed by atoms with Gasteiger partial charge < -0.3 is 5.32 Å². The lowest BCUT2D eigenvalue weighted by atomic mass is 10.4. The summed E-state index contributed by atoms with van der Waals surface area (Å²) >= 11 is 7.26. The van der Waals surface area contributed by atoms with Gasteiger partial charge in [0.15, 0.2) is 5.38 Å². The Morgan fingerprint density at radius 1 is 1.85 bits per heavy atom. The molecule has 0 spiro atoms. The summed E-state index contributed by atoms with van der Waals surface area (Å²) in [5.41, 5.74) is 0. The largest absolute Gasteiger partial charge is 0.354 e. The normalized spacial score (nSPS) is 12.5. The first kappa shape index (κ1) is 10.5. The number of rotatable bonds is 4. The molecule has 0 aliphatic carbocycles. The van der Waals surface area contributed by atoms with Crippen LogP contribution in [0, 0.1) is 0 Å². The highest BCUT2D eigenvalue weighted by atomic mass is 35.5. The molecule has 1 aromatic heterocycles. The Morgan fingerprint density at radius 2 is 2.62 bits per heavy atom. The first-order chi connectivity index (χ1) is 6.25. The number of alkyl halides is 1. The minimum Gasteiger partial charge on any atom is -0.354 e. The van der Waals surface area contributed by atoms with Gasteiger partial charge in [-0.1, -0.05) is 6.92 Å². The average Bonchev–Trinajstić information content (AvgIpc) is 2.65. The van der Waals surface area contributed by atoms with Crippen molar-refractivity contribution in [1.29, 1.82) is 0 Å². The molecule has 0 aromatic carbocycles. The summed E-state index contributed by atoms with van der Waals surface area (Å²) in [7, 11) is 0. The monoisotopic (exact) mass is 218 g/mol. The van der Waals surface area contributed by atoms with Crippen molar-refractivity contribution >= 4 is 28.8 Å². The van der Waals surface area contributed by atoms with Crippen LogP contribution in [0.2, 0.25) is 0 Å². The van der Waals surface area contributed by atoms with Crippen LogP contribution in [0.1, 0.15) is 23.7 Å². The van der Waals surface area contributed by atoms with E-state index in [9.17, 15) is 4.79 Å². The number of nitrogens with one attached hydrogen (secondary N) is 1. The van der Waals surface area contributed by atoms with Crippen molar-refractivity contribution in [2.45, 2.75) is 18.7 Å². The van der Waals surface area contributed by atoms with Crippen LogP contribution in [-0.4, -0.2) is 17.4 Å². The molecule has 0 bridgehead atoms. The second-order valence-corrected chi connectivity index (χ2v) is 3.89. The van der Waals surface area contributed by atoms with Gasteiger partial charge in [-0.25, -0.2) is 4.98 Å². The Bertz CT molecular complexity index is 263. The quantitative estimate of drug-likeness (QED) is 0.785. The Hall–Kier alpha value is -0.610. The van der Waals surface area contributed by atoms with Crippen LogP contribution < -0.4 is 5.32 Å². The van der Waals surface area contributed by atoms with Gasteiger partial charge >= 0.3 is 0 Å². The van der Waals surface area contributed by atoms with Gasteiger partial charge in [0.1, 0.15) is 5.01 Å². The molecule has 13 heavy (non-hydrogen) atoms. The number of amides is 1. The first-order valence-corrected chi connectivity index (χ1v) is 5.38. The topological polar surface area (TPSA) is 42.0 Å². The van der Waals surface area contributed by atoms with E-state index in [0.29, 0.717) is 11.6 Å². The standard InChI is InChI=1S/C8H11ClN2OS/c1-2-3-10-7(12)6(9)8-11-4-5-13-8/h4-6H,2-3H2,1H3,(H,10,12). The molecule has 0 saturated carbocycles. The molecule has 1 heterocycles. The van der Waals surface area contributed by atoms with Gasteiger partial charge in [0.05, 0.1) is 0 Å². The van der Waals surface area contributed by atoms with Crippen LogP contribution in [0.15, 0.2) is 11.6 Å². The minimum atomic E-state index is -0.647. The van der Waals surface area contributed by atoms with Gasteiger partial charge in [0.25, 0.3) is 0 Å². The van der Waals surface area contributed by atoms with E-state index < -0.39 is 5.38 Å². The van der Waals surface area contributed by atoms with Crippen LogP contribution in [0.4, 0.5) is 0 Å². The highest BCUT2D eigenvalue weighted by Crippen LogP contribution is 2.22. The molecule has 0 saturated heterocycles. The van der Waals surface area contributed by atoms with E-state index >= 15 is 0 Å². The van der Waals surface area contributed by atoms with Gasteiger partial charge in [0.2, 0.25) is 5.91 Å². The zero-order valence-corrected chi connectivity index (χ0v) is 8.86. The third-order valence-electron chi connectivity index (χ3n) is 1.45. The molecule has 1 aromatic rings. The predicted molar refractivity (Wildman–Crippen MR) is 54.0 cm³/mol. The number of hydrogen-bond donors (Lipinski definition) is 1. The number of nitrogens with zero attached hydrogens (tertiary/aromatic N) is 1. The third-order valence-corrected chi connectivity index (χ3v) is 2.82. The molecule has 0 aliphatic heterocycles. The Labute approximate surface area is 86.1 Å². The Morgan fingerprint density at radius 3 is 3.15 bits per heavy atom. The second kappa shape index (κ2) is 5.19. The van der Waals surface area contributed by atoms with E-state index in [1.807, 2.05) is 6.92 Å².